The van der Waals surface area contributed by atoms with Crippen molar-refractivity contribution in [2.24, 2.45) is 0 Å². The van der Waals surface area contributed by atoms with Crippen LogP contribution in [0.4, 0.5) is 4.39 Å². The lowest BCUT2D eigenvalue weighted by Gasteiger charge is -2.19. The van der Waals surface area contributed by atoms with Crippen molar-refractivity contribution < 1.29 is 13.9 Å². The van der Waals surface area contributed by atoms with Gasteiger partial charge in [0.1, 0.15) is 18.2 Å². The van der Waals surface area contributed by atoms with Gasteiger partial charge in [-0.1, -0.05) is 42.5 Å². The quantitative estimate of drug-likeness (QED) is 0.712. The molecule has 1 aliphatic heterocycles. The number of amides is 1. The normalized spacial score (nSPS) is 13.8. The van der Waals surface area contributed by atoms with Crippen LogP contribution < -0.4 is 10.1 Å². The first-order valence-corrected chi connectivity index (χ1v) is 9.72. The first-order chi connectivity index (χ1) is 14.2. The number of carbonyl (C=O) groups excluding carboxylic acids is 1. The van der Waals surface area contributed by atoms with Crippen molar-refractivity contribution in [3.05, 3.63) is 101 Å². The Morgan fingerprint density at radius 1 is 1.00 bits per heavy atom. The maximum absolute atomic E-state index is 13.0. The van der Waals surface area contributed by atoms with E-state index in [1.54, 1.807) is 18.2 Å². The number of fused-ring (bicyclic) bond motifs is 1. The molecule has 1 amide bonds. The van der Waals surface area contributed by atoms with Gasteiger partial charge in [-0.05, 0) is 41.5 Å². The fraction of sp³-hybridized carbons (Fsp3) is 0.208. The number of halogens is 1. The molecule has 0 bridgehead atoms. The van der Waals surface area contributed by atoms with Crippen LogP contribution in [0.3, 0.4) is 0 Å². The van der Waals surface area contributed by atoms with E-state index >= 15 is 0 Å². The van der Waals surface area contributed by atoms with Gasteiger partial charge in [0.15, 0.2) is 0 Å². The van der Waals surface area contributed by atoms with Crippen molar-refractivity contribution in [1.29, 1.82) is 0 Å². The third-order valence-corrected chi connectivity index (χ3v) is 5.00. The molecule has 0 radical (unpaired) electrons. The van der Waals surface area contributed by atoms with Crippen LogP contribution in [0.15, 0.2) is 72.8 Å². The zero-order valence-electron chi connectivity index (χ0n) is 16.1. The van der Waals surface area contributed by atoms with Crippen molar-refractivity contribution in [1.82, 2.24) is 10.2 Å². The molecule has 0 saturated heterocycles. The molecule has 4 nitrogen and oxygen atoms in total. The second-order valence-corrected chi connectivity index (χ2v) is 7.18. The number of benzene rings is 3. The molecule has 4 rings (SSSR count). The molecule has 0 aliphatic carbocycles. The second-order valence-electron chi connectivity index (χ2n) is 7.18. The summed E-state index contributed by atoms with van der Waals surface area (Å²) >= 11 is 0. The standard InChI is InChI=1S/C24H23FN2O2/c25-22-9-6-18(7-10-22)15-26-24(28)20-8-11-23-21(14-20)17-27(12-13-29-23)16-19-4-2-1-3-5-19/h1-11,14H,12-13,15-17H2,(H,26,28). The molecule has 3 aromatic carbocycles. The summed E-state index contributed by atoms with van der Waals surface area (Å²) in [6, 6.07) is 22.0. The molecule has 1 N–H and O–H groups in total. The molecule has 0 saturated carbocycles. The monoisotopic (exact) mass is 390 g/mol. The Balaban J connectivity index is 1.44. The highest BCUT2D eigenvalue weighted by Crippen LogP contribution is 2.25. The van der Waals surface area contributed by atoms with Crippen LogP contribution in [0.1, 0.15) is 27.0 Å². The number of ether oxygens (including phenoxy) is 1. The maximum atomic E-state index is 13.0. The van der Waals surface area contributed by atoms with Gasteiger partial charge in [-0.2, -0.15) is 0 Å². The van der Waals surface area contributed by atoms with Gasteiger partial charge >= 0.3 is 0 Å². The van der Waals surface area contributed by atoms with E-state index in [0.717, 1.165) is 36.5 Å². The van der Waals surface area contributed by atoms with E-state index in [1.807, 2.05) is 30.3 Å². The predicted molar refractivity (Wildman–Crippen MR) is 110 cm³/mol. The van der Waals surface area contributed by atoms with Crippen molar-refractivity contribution in [3.63, 3.8) is 0 Å². The summed E-state index contributed by atoms with van der Waals surface area (Å²) in [5, 5.41) is 2.89. The molecule has 29 heavy (non-hydrogen) atoms. The van der Waals surface area contributed by atoms with E-state index in [-0.39, 0.29) is 11.7 Å². The zero-order valence-corrected chi connectivity index (χ0v) is 16.1. The summed E-state index contributed by atoms with van der Waals surface area (Å²) in [4.78, 5) is 14.9. The minimum atomic E-state index is -0.286. The van der Waals surface area contributed by atoms with Crippen LogP contribution in [0, 0.1) is 5.82 Å². The topological polar surface area (TPSA) is 41.6 Å². The predicted octanol–water partition coefficient (Wildman–Crippen LogP) is 4.15. The third-order valence-electron chi connectivity index (χ3n) is 5.00. The smallest absolute Gasteiger partial charge is 0.251 e. The summed E-state index contributed by atoms with van der Waals surface area (Å²) < 4.78 is 18.9. The number of nitrogens with one attached hydrogen (secondary N) is 1. The van der Waals surface area contributed by atoms with Crippen LogP contribution >= 0.6 is 0 Å². The minimum absolute atomic E-state index is 0.156. The molecule has 1 aliphatic rings. The number of carbonyl (C=O) groups is 1. The minimum Gasteiger partial charge on any atom is -0.492 e. The highest BCUT2D eigenvalue weighted by atomic mass is 19.1. The second kappa shape index (κ2) is 8.88. The molecular formula is C24H23FN2O2. The van der Waals surface area contributed by atoms with E-state index in [1.165, 1.54) is 17.7 Å². The van der Waals surface area contributed by atoms with Gasteiger partial charge in [0, 0.05) is 37.3 Å². The van der Waals surface area contributed by atoms with Gasteiger partial charge < -0.3 is 10.1 Å². The largest absolute Gasteiger partial charge is 0.492 e. The van der Waals surface area contributed by atoms with Crippen LogP contribution in [-0.2, 0) is 19.6 Å². The molecule has 1 heterocycles. The summed E-state index contributed by atoms with van der Waals surface area (Å²) in [6.07, 6.45) is 0. The highest BCUT2D eigenvalue weighted by Gasteiger charge is 2.17. The van der Waals surface area contributed by atoms with Crippen molar-refractivity contribution >= 4 is 5.91 Å². The van der Waals surface area contributed by atoms with Crippen molar-refractivity contribution in [2.45, 2.75) is 19.6 Å². The van der Waals surface area contributed by atoms with E-state index in [2.05, 4.69) is 22.3 Å². The third kappa shape index (κ3) is 5.00. The Hall–Kier alpha value is -3.18. The zero-order chi connectivity index (χ0) is 20.1. The van der Waals surface area contributed by atoms with Crippen LogP contribution in [0.5, 0.6) is 5.75 Å². The summed E-state index contributed by atoms with van der Waals surface area (Å²) in [5.74, 6) is 0.387. The molecule has 0 spiro atoms. The number of rotatable bonds is 5. The molecule has 0 aromatic heterocycles. The summed E-state index contributed by atoms with van der Waals surface area (Å²) in [5.41, 5.74) is 3.71. The van der Waals surface area contributed by atoms with E-state index in [0.29, 0.717) is 18.7 Å². The van der Waals surface area contributed by atoms with Crippen LogP contribution in [-0.4, -0.2) is 24.0 Å². The molecule has 0 atom stereocenters. The Morgan fingerprint density at radius 2 is 1.79 bits per heavy atom. The molecule has 0 unspecified atom stereocenters. The maximum Gasteiger partial charge on any atom is 0.251 e. The molecule has 5 heteroatoms. The Labute approximate surface area is 169 Å². The highest BCUT2D eigenvalue weighted by molar-refractivity contribution is 5.94. The number of nitrogens with zero attached hydrogens (tertiary/aromatic N) is 1. The Kier molecular flexibility index (Phi) is 5.86. The molecule has 148 valence electrons. The summed E-state index contributed by atoms with van der Waals surface area (Å²) in [7, 11) is 0. The van der Waals surface area contributed by atoms with Gasteiger partial charge in [-0.3, -0.25) is 9.69 Å². The van der Waals surface area contributed by atoms with E-state index in [4.69, 9.17) is 4.74 Å². The first kappa shape index (κ1) is 19.2. The van der Waals surface area contributed by atoms with Crippen LogP contribution in [0.2, 0.25) is 0 Å². The van der Waals surface area contributed by atoms with Gasteiger partial charge in [0.2, 0.25) is 0 Å². The molecular weight excluding hydrogens is 367 g/mol. The van der Waals surface area contributed by atoms with Crippen molar-refractivity contribution in [2.75, 3.05) is 13.2 Å². The average Bonchev–Trinajstić information content (AvgIpc) is 2.95. The van der Waals surface area contributed by atoms with Crippen molar-refractivity contribution in [3.8, 4) is 5.75 Å². The van der Waals surface area contributed by atoms with E-state index in [9.17, 15) is 9.18 Å². The lowest BCUT2D eigenvalue weighted by Crippen LogP contribution is -2.25. The van der Waals surface area contributed by atoms with Crippen LogP contribution in [0.25, 0.3) is 0 Å². The summed E-state index contributed by atoms with van der Waals surface area (Å²) in [6.45, 7) is 3.37. The first-order valence-electron chi connectivity index (χ1n) is 9.72. The lowest BCUT2D eigenvalue weighted by molar-refractivity contribution is 0.0950. The Bertz CT molecular complexity index is 974. The fourth-order valence-electron chi connectivity index (χ4n) is 3.45. The molecule has 0 fully saturated rings. The van der Waals surface area contributed by atoms with Gasteiger partial charge in [-0.25, -0.2) is 4.39 Å². The fourth-order valence-corrected chi connectivity index (χ4v) is 3.45. The lowest BCUT2D eigenvalue weighted by atomic mass is 10.1. The Morgan fingerprint density at radius 3 is 2.59 bits per heavy atom. The number of hydrogen-bond acceptors (Lipinski definition) is 3. The van der Waals surface area contributed by atoms with Gasteiger partial charge in [-0.15, -0.1) is 0 Å². The average molecular weight is 390 g/mol. The SMILES string of the molecule is O=C(NCc1ccc(F)cc1)c1ccc2c(c1)CN(Cc1ccccc1)CCO2. The van der Waals surface area contributed by atoms with Gasteiger partial charge in [0.05, 0.1) is 0 Å². The molecule has 3 aromatic rings. The van der Waals surface area contributed by atoms with E-state index < -0.39 is 0 Å². The van der Waals surface area contributed by atoms with Gasteiger partial charge in [0.25, 0.3) is 5.91 Å². The number of hydrogen-bond donors (Lipinski definition) is 1.